The first-order valence-electron chi connectivity index (χ1n) is 6.89. The van der Waals surface area contributed by atoms with Crippen molar-refractivity contribution >= 4 is 0 Å². The summed E-state index contributed by atoms with van der Waals surface area (Å²) in [5.41, 5.74) is 0. The molecule has 0 saturated heterocycles. The molecule has 0 saturated carbocycles. The molecule has 0 aliphatic carbocycles. The fourth-order valence-corrected chi connectivity index (χ4v) is 1.71. The zero-order chi connectivity index (χ0) is 25.5. The SMILES string of the molecule is FC(F)=C(F)C(F)(F)C(F)(F)C(F)(F)C(F)(F)C(F)(F)C(F)C(F)C(F)C(F)C(F)F. The van der Waals surface area contributed by atoms with Crippen molar-refractivity contribution < 1.29 is 83.4 Å². The van der Waals surface area contributed by atoms with Gasteiger partial charge < -0.3 is 0 Å². The summed E-state index contributed by atoms with van der Waals surface area (Å²) in [4.78, 5) is 0. The fourth-order valence-electron chi connectivity index (χ4n) is 1.71. The molecule has 0 nitrogen and oxygen atoms in total. The van der Waals surface area contributed by atoms with Crippen LogP contribution >= 0.6 is 0 Å². The second-order valence-electron chi connectivity index (χ2n) is 5.56. The molecule has 0 aliphatic heterocycles. The van der Waals surface area contributed by atoms with E-state index in [0.29, 0.717) is 0 Å². The van der Waals surface area contributed by atoms with Crippen LogP contribution in [0.1, 0.15) is 0 Å². The van der Waals surface area contributed by atoms with Gasteiger partial charge in [-0.15, -0.1) is 0 Å². The van der Waals surface area contributed by atoms with Crippen LogP contribution in [-0.4, -0.2) is 60.7 Å². The summed E-state index contributed by atoms with van der Waals surface area (Å²) in [6.07, 6.45) is -29.5. The summed E-state index contributed by atoms with van der Waals surface area (Å²) < 4.78 is 243. The maximum Gasteiger partial charge on any atom is 0.385 e. The summed E-state index contributed by atoms with van der Waals surface area (Å²) in [6, 6.07) is 0. The molecule has 0 bridgehead atoms. The van der Waals surface area contributed by atoms with E-state index >= 15 is 0 Å². The quantitative estimate of drug-likeness (QED) is 0.282. The molecule has 0 aromatic rings. The smallest absolute Gasteiger partial charge is 0.241 e. The Morgan fingerprint density at radius 3 is 1.19 bits per heavy atom. The van der Waals surface area contributed by atoms with Crippen LogP contribution in [0, 0.1) is 0 Å². The monoisotopic (exact) mass is 510 g/mol. The minimum Gasteiger partial charge on any atom is -0.241 e. The van der Waals surface area contributed by atoms with Gasteiger partial charge in [-0.05, 0) is 0 Å². The van der Waals surface area contributed by atoms with Gasteiger partial charge in [-0.2, -0.15) is 57.1 Å². The predicted molar refractivity (Wildman–Crippen MR) is 60.7 cm³/mol. The summed E-state index contributed by atoms with van der Waals surface area (Å²) >= 11 is 0. The van der Waals surface area contributed by atoms with Crippen molar-refractivity contribution in [2.45, 2.75) is 60.7 Å². The molecule has 0 aliphatic rings. The Kier molecular flexibility index (Phi) is 8.29. The van der Waals surface area contributed by atoms with E-state index in [2.05, 4.69) is 0 Å². The van der Waals surface area contributed by atoms with E-state index in [1.165, 1.54) is 0 Å². The van der Waals surface area contributed by atoms with Crippen molar-refractivity contribution in [2.75, 3.05) is 0 Å². The average molecular weight is 510 g/mol. The van der Waals surface area contributed by atoms with Crippen LogP contribution in [0.4, 0.5) is 83.4 Å². The lowest BCUT2D eigenvalue weighted by Gasteiger charge is -2.40. The molecule has 0 aromatic heterocycles. The van der Waals surface area contributed by atoms with Gasteiger partial charge >= 0.3 is 35.7 Å². The number of hydrogen-bond donors (Lipinski definition) is 0. The Labute approximate surface area is 157 Å². The van der Waals surface area contributed by atoms with Gasteiger partial charge in [-0.25, -0.2) is 26.3 Å². The maximum atomic E-state index is 13.3. The highest BCUT2D eigenvalue weighted by molar-refractivity contribution is 5.19. The number of hydrogen-bond acceptors (Lipinski definition) is 0. The molecule has 0 aromatic carbocycles. The predicted octanol–water partition coefficient (Wildman–Crippen LogP) is 6.86. The summed E-state index contributed by atoms with van der Waals surface area (Å²) in [5, 5.41) is 0. The lowest BCUT2D eigenvalue weighted by Crippen LogP contribution is -2.70. The van der Waals surface area contributed by atoms with Gasteiger partial charge in [0.15, 0.2) is 18.5 Å². The number of allylic oxidation sites excluding steroid dienone is 1. The second-order valence-corrected chi connectivity index (χ2v) is 5.56. The summed E-state index contributed by atoms with van der Waals surface area (Å²) in [5.74, 6) is -45.0. The number of rotatable bonds is 10. The van der Waals surface area contributed by atoms with Crippen LogP contribution in [0.3, 0.4) is 0 Å². The van der Waals surface area contributed by atoms with Gasteiger partial charge in [-0.1, -0.05) is 0 Å². The third-order valence-corrected chi connectivity index (χ3v) is 3.52. The Morgan fingerprint density at radius 2 is 0.871 bits per heavy atom. The fraction of sp³-hybridized carbons (Fsp3) is 0.833. The third-order valence-electron chi connectivity index (χ3n) is 3.52. The number of alkyl halides is 16. The van der Waals surface area contributed by atoms with Gasteiger partial charge in [0.05, 0.1) is 0 Å². The molecule has 0 heterocycles. The van der Waals surface area contributed by atoms with E-state index in [9.17, 15) is 83.4 Å². The Bertz CT molecular complexity index is 646. The second kappa shape index (κ2) is 8.74. The van der Waals surface area contributed by atoms with E-state index in [4.69, 9.17) is 0 Å². The molecule has 4 unspecified atom stereocenters. The van der Waals surface area contributed by atoms with Crippen molar-refractivity contribution in [3.05, 3.63) is 11.9 Å². The molecule has 19 heteroatoms. The van der Waals surface area contributed by atoms with Crippen molar-refractivity contribution in [1.82, 2.24) is 0 Å². The molecule has 186 valence electrons. The van der Waals surface area contributed by atoms with Gasteiger partial charge in [0.25, 0.3) is 6.43 Å². The van der Waals surface area contributed by atoms with E-state index < -0.39 is 72.6 Å². The summed E-state index contributed by atoms with van der Waals surface area (Å²) in [6.45, 7) is 0. The topological polar surface area (TPSA) is 0 Å². The number of halogens is 19. The minimum atomic E-state index is -8.38. The van der Waals surface area contributed by atoms with Gasteiger partial charge in [0.2, 0.25) is 12.0 Å². The molecule has 0 spiro atoms. The lowest BCUT2D eigenvalue weighted by molar-refractivity contribution is -0.406. The molecule has 0 rings (SSSR count). The summed E-state index contributed by atoms with van der Waals surface area (Å²) in [7, 11) is 0. The van der Waals surface area contributed by atoms with Crippen LogP contribution in [0.15, 0.2) is 11.9 Å². The lowest BCUT2D eigenvalue weighted by atomic mass is 9.89. The third kappa shape index (κ3) is 4.49. The van der Waals surface area contributed by atoms with Crippen molar-refractivity contribution in [2.24, 2.45) is 0 Å². The zero-order valence-electron chi connectivity index (χ0n) is 13.6. The zero-order valence-corrected chi connectivity index (χ0v) is 13.6. The minimum absolute atomic E-state index is 4.50. The molecule has 0 amide bonds. The first kappa shape index (κ1) is 29.4. The molecule has 31 heavy (non-hydrogen) atoms. The first-order valence-corrected chi connectivity index (χ1v) is 6.89. The highest BCUT2D eigenvalue weighted by atomic mass is 19.4. The van der Waals surface area contributed by atoms with Crippen LogP contribution in [0.5, 0.6) is 0 Å². The highest BCUT2D eigenvalue weighted by Gasteiger charge is 2.89. The van der Waals surface area contributed by atoms with Crippen molar-refractivity contribution in [3.8, 4) is 0 Å². The molecule has 4 atom stereocenters. The van der Waals surface area contributed by atoms with Crippen molar-refractivity contribution in [1.29, 1.82) is 0 Å². The largest absolute Gasteiger partial charge is 0.385 e. The van der Waals surface area contributed by atoms with Gasteiger partial charge in [-0.3, -0.25) is 0 Å². The Hall–Kier alpha value is -1.59. The maximum absolute atomic E-state index is 13.3. The van der Waals surface area contributed by atoms with E-state index in [-0.39, 0.29) is 0 Å². The van der Waals surface area contributed by atoms with Crippen LogP contribution in [0.2, 0.25) is 0 Å². The van der Waals surface area contributed by atoms with E-state index in [1.54, 1.807) is 0 Å². The van der Waals surface area contributed by atoms with Crippen LogP contribution < -0.4 is 0 Å². The molecule has 0 fully saturated rings. The molecular weight excluding hydrogens is 505 g/mol. The van der Waals surface area contributed by atoms with Crippen molar-refractivity contribution in [3.63, 3.8) is 0 Å². The molecular formula is C12H5F19. The van der Waals surface area contributed by atoms with Gasteiger partial charge in [0, 0.05) is 0 Å². The Morgan fingerprint density at radius 1 is 0.484 bits per heavy atom. The molecule has 0 radical (unpaired) electrons. The average Bonchev–Trinajstić information content (AvgIpc) is 2.63. The first-order chi connectivity index (χ1) is 13.4. The van der Waals surface area contributed by atoms with E-state index in [1.807, 2.05) is 0 Å². The normalized spacial score (nSPS) is 18.6. The van der Waals surface area contributed by atoms with Gasteiger partial charge in [0.1, 0.15) is 0 Å². The Balaban J connectivity index is 6.39. The van der Waals surface area contributed by atoms with Crippen LogP contribution in [-0.2, 0) is 0 Å². The van der Waals surface area contributed by atoms with E-state index in [0.717, 1.165) is 0 Å². The highest BCUT2D eigenvalue weighted by Crippen LogP contribution is 2.60. The van der Waals surface area contributed by atoms with Crippen LogP contribution in [0.25, 0.3) is 0 Å². The standard InChI is InChI=1S/C12H5F19/c13-1(3(15)6(18)19)2(14)4(16)8(22,23)10(26,27)12(30,31)11(28,29)9(24,25)5(17)7(20)21/h1-4,6H. The molecule has 0 N–H and O–H groups in total.